The number of phosphoric acid groups is 1. The maximum atomic E-state index is 8.88. The summed E-state index contributed by atoms with van der Waals surface area (Å²) in [7, 11) is -4.64. The van der Waals surface area contributed by atoms with E-state index in [0.717, 1.165) is 0 Å². The van der Waals surface area contributed by atoms with Gasteiger partial charge in [-0.05, 0) is 0 Å². The van der Waals surface area contributed by atoms with Crippen LogP contribution in [0.2, 0.25) is 0 Å². The molecule has 0 unspecified atom stereocenters. The van der Waals surface area contributed by atoms with Crippen molar-refractivity contribution in [3.8, 4) is 0 Å². The first-order valence-electron chi connectivity index (χ1n) is 0.783. The third-order valence-corrected chi connectivity index (χ3v) is 0. The zero-order chi connectivity index (χ0) is 4.50. The quantitative estimate of drug-likeness (QED) is 0.287. The van der Waals surface area contributed by atoms with Crippen molar-refractivity contribution >= 4 is 7.82 Å². The second-order valence-corrected chi connectivity index (χ2v) is 1.54. The fourth-order valence-electron chi connectivity index (χ4n) is 0. The predicted molar refractivity (Wildman–Crippen MR) is 17.9 cm³/mol. The van der Waals surface area contributed by atoms with Gasteiger partial charge in [-0.3, -0.25) is 4.70 Å². The van der Waals surface area contributed by atoms with Gasteiger partial charge in [0.25, 0.3) is 0 Å². The van der Waals surface area contributed by atoms with Gasteiger partial charge in [-0.15, -0.1) is 0 Å². The van der Waals surface area contributed by atoms with Crippen LogP contribution in [0.1, 0.15) is 1.43 Å². The second-order valence-electron chi connectivity index (χ2n) is 0.513. The van der Waals surface area contributed by atoms with Gasteiger partial charge >= 0.3 is 59.2 Å². The van der Waals surface area contributed by atoms with E-state index in [1.54, 1.807) is 0 Å². The summed E-state index contributed by atoms with van der Waals surface area (Å²) in [6, 6.07) is 0. The predicted octanol–water partition coefficient (Wildman–Crippen LogP) is -3.66. The topological polar surface area (TPSA) is 77.8 Å². The normalized spacial score (nSPS) is 7.38. The minimum absolute atomic E-state index is 0. The Morgan fingerprint density at radius 1 is 1.25 bits per heavy atom. The average Bonchev–Trinajstić information content (AvgIpc) is 0.722. The SMILES string of the molecule is F.O=P(O)(O)O.[Fe].[H-].[K+]. The molecule has 0 fully saturated rings. The Kier molecular flexibility index (Phi) is 25.8. The van der Waals surface area contributed by atoms with E-state index in [-0.39, 0.29) is 74.6 Å². The van der Waals surface area contributed by atoms with E-state index in [2.05, 4.69) is 0 Å². The van der Waals surface area contributed by atoms with E-state index in [1.165, 1.54) is 0 Å². The minimum Gasteiger partial charge on any atom is -1.00 e. The molecule has 0 amide bonds. The molecule has 3 N–H and O–H groups in total. The van der Waals surface area contributed by atoms with Crippen LogP contribution in [0.4, 0.5) is 4.70 Å². The maximum Gasteiger partial charge on any atom is 1.00 e. The summed E-state index contributed by atoms with van der Waals surface area (Å²) in [5.41, 5.74) is 0. The van der Waals surface area contributed by atoms with E-state index in [9.17, 15) is 0 Å². The van der Waals surface area contributed by atoms with Crippen LogP contribution in [-0.2, 0) is 21.6 Å². The summed E-state index contributed by atoms with van der Waals surface area (Å²) in [6.45, 7) is 0. The summed E-state index contributed by atoms with van der Waals surface area (Å²) >= 11 is 0. The number of hydrogen-bond donors (Lipinski definition) is 3. The molecule has 0 aromatic rings. The van der Waals surface area contributed by atoms with E-state index in [1.807, 2.05) is 0 Å². The van der Waals surface area contributed by atoms with Crippen molar-refractivity contribution < 1.29 is 93.8 Å². The molecule has 4 nitrogen and oxygen atoms in total. The van der Waals surface area contributed by atoms with Crippen LogP contribution in [-0.4, -0.2) is 14.7 Å². The van der Waals surface area contributed by atoms with Crippen LogP contribution < -0.4 is 51.4 Å². The van der Waals surface area contributed by atoms with Crippen LogP contribution in [0.15, 0.2) is 0 Å². The zero-order valence-electron chi connectivity index (χ0n) is 4.96. The molecule has 8 heteroatoms. The van der Waals surface area contributed by atoms with Crippen molar-refractivity contribution in [3.63, 3.8) is 0 Å². The van der Waals surface area contributed by atoms with E-state index >= 15 is 0 Å². The molecular weight excluding hydrogens is 209 g/mol. The van der Waals surface area contributed by atoms with Gasteiger partial charge in [0, 0.05) is 17.1 Å². The molecular formula is H5FFeKO4P. The van der Waals surface area contributed by atoms with Gasteiger partial charge in [-0.2, -0.15) is 0 Å². The Bertz CT molecular complexity index is 66.7. The minimum atomic E-state index is -4.64. The monoisotopic (exact) mass is 214 g/mol. The molecule has 0 aromatic carbocycles. The molecule has 0 rings (SSSR count). The molecule has 0 bridgehead atoms. The van der Waals surface area contributed by atoms with Crippen molar-refractivity contribution in [1.82, 2.24) is 0 Å². The maximum absolute atomic E-state index is 8.88. The number of halogens is 1. The Hall–Kier alpha value is 2.20. The largest absolute Gasteiger partial charge is 1.00 e. The third-order valence-electron chi connectivity index (χ3n) is 0. The molecule has 0 spiro atoms. The van der Waals surface area contributed by atoms with Gasteiger partial charge in [-0.1, -0.05) is 0 Å². The van der Waals surface area contributed by atoms with Crippen molar-refractivity contribution in [2.75, 3.05) is 0 Å². The van der Waals surface area contributed by atoms with Crippen molar-refractivity contribution in [1.29, 1.82) is 0 Å². The summed E-state index contributed by atoms with van der Waals surface area (Å²) in [4.78, 5) is 21.6. The molecule has 0 aliphatic heterocycles. The molecule has 50 valence electrons. The van der Waals surface area contributed by atoms with E-state index < -0.39 is 7.82 Å². The van der Waals surface area contributed by atoms with Gasteiger partial charge in [0.1, 0.15) is 0 Å². The van der Waals surface area contributed by atoms with Gasteiger partial charge in [0.2, 0.25) is 0 Å². The first kappa shape index (κ1) is 22.5. The molecule has 0 saturated heterocycles. The van der Waals surface area contributed by atoms with Crippen LogP contribution in [0, 0.1) is 0 Å². The second kappa shape index (κ2) is 9.20. The van der Waals surface area contributed by atoms with Crippen LogP contribution in [0.3, 0.4) is 0 Å². The average molecular weight is 214 g/mol. The summed E-state index contributed by atoms with van der Waals surface area (Å²) in [5, 5.41) is 0. The van der Waals surface area contributed by atoms with Gasteiger partial charge in [0.15, 0.2) is 0 Å². The molecule has 8 heavy (non-hydrogen) atoms. The zero-order valence-corrected chi connectivity index (χ0v) is 9.08. The summed E-state index contributed by atoms with van der Waals surface area (Å²) in [6.07, 6.45) is 0. The van der Waals surface area contributed by atoms with E-state index in [4.69, 9.17) is 19.2 Å². The molecule has 0 aliphatic rings. The standard InChI is InChI=1S/FH.Fe.K.H3O4P.H/c;;;1-5(2,3)4;/h1H;;;(H3,1,2,3,4);/q;;+1;;-1. The number of rotatable bonds is 0. The van der Waals surface area contributed by atoms with Gasteiger partial charge in [-0.25, -0.2) is 4.57 Å². The van der Waals surface area contributed by atoms with Crippen molar-refractivity contribution in [2.24, 2.45) is 0 Å². The Morgan fingerprint density at radius 2 is 1.25 bits per heavy atom. The Labute approximate surface area is 100 Å². The van der Waals surface area contributed by atoms with Crippen LogP contribution in [0.25, 0.3) is 0 Å². The van der Waals surface area contributed by atoms with Crippen molar-refractivity contribution in [3.05, 3.63) is 0 Å². The fourth-order valence-corrected chi connectivity index (χ4v) is 0. The molecule has 0 aromatic heterocycles. The molecule has 0 aliphatic carbocycles. The Morgan fingerprint density at radius 3 is 1.25 bits per heavy atom. The first-order valence-corrected chi connectivity index (χ1v) is 2.35. The summed E-state index contributed by atoms with van der Waals surface area (Å²) in [5.74, 6) is 0. The summed E-state index contributed by atoms with van der Waals surface area (Å²) < 4.78 is 8.88. The first-order chi connectivity index (χ1) is 2.00. The van der Waals surface area contributed by atoms with Gasteiger partial charge in [0.05, 0.1) is 0 Å². The fraction of sp³-hybridized carbons (Fsp3) is 0. The van der Waals surface area contributed by atoms with Crippen LogP contribution >= 0.6 is 7.82 Å². The smallest absolute Gasteiger partial charge is 1.00 e. The molecule has 0 atom stereocenters. The molecule has 0 radical (unpaired) electrons. The Balaban J connectivity index is -0.0000000133. The molecule has 0 heterocycles. The van der Waals surface area contributed by atoms with Crippen LogP contribution in [0.5, 0.6) is 0 Å². The van der Waals surface area contributed by atoms with Crippen molar-refractivity contribution in [2.45, 2.75) is 0 Å². The van der Waals surface area contributed by atoms with Gasteiger partial charge < -0.3 is 16.1 Å². The third kappa shape index (κ3) is 88.0. The van der Waals surface area contributed by atoms with E-state index in [0.29, 0.717) is 0 Å². The number of hydrogen-bond acceptors (Lipinski definition) is 1. The molecule has 0 saturated carbocycles.